The average Bonchev–Trinajstić information content (AvgIpc) is 3.02. The van der Waals surface area contributed by atoms with E-state index >= 15 is 0 Å². The van der Waals surface area contributed by atoms with E-state index in [1.165, 1.54) is 11.8 Å². The van der Waals surface area contributed by atoms with Gasteiger partial charge >= 0.3 is 5.97 Å². The Bertz CT molecular complexity index is 970. The number of alkyl halides is 1. The number of carbonyl (C=O) groups is 2. The van der Waals surface area contributed by atoms with Crippen molar-refractivity contribution >= 4 is 34.3 Å². The van der Waals surface area contributed by atoms with Gasteiger partial charge in [-0.3, -0.25) is 9.00 Å². The molecular formula is C22H22ClNO5S. The Kier molecular flexibility index (Phi) is 5.70. The maximum absolute atomic E-state index is 13.4. The molecular weight excluding hydrogens is 426 g/mol. The lowest BCUT2D eigenvalue weighted by molar-refractivity contribution is -0.172. The first-order chi connectivity index (χ1) is 14.3. The second-order valence-electron chi connectivity index (χ2n) is 7.65. The average molecular weight is 448 g/mol. The zero-order valence-corrected chi connectivity index (χ0v) is 17.9. The topological polar surface area (TPSA) is 83.9 Å². The summed E-state index contributed by atoms with van der Waals surface area (Å²) < 4.78 is 17.4. The van der Waals surface area contributed by atoms with E-state index in [9.17, 15) is 18.9 Å². The van der Waals surface area contributed by atoms with E-state index in [0.29, 0.717) is 4.90 Å². The van der Waals surface area contributed by atoms with Crippen molar-refractivity contribution in [1.82, 2.24) is 4.90 Å². The van der Waals surface area contributed by atoms with Crippen LogP contribution >= 0.6 is 11.6 Å². The number of aliphatic hydroxyl groups is 1. The van der Waals surface area contributed by atoms with Crippen LogP contribution in [0.5, 0.6) is 0 Å². The molecule has 1 amide bonds. The summed E-state index contributed by atoms with van der Waals surface area (Å²) in [6, 6.07) is 16.1. The van der Waals surface area contributed by atoms with Gasteiger partial charge in [0.2, 0.25) is 5.91 Å². The molecule has 1 N–H and O–H groups in total. The molecule has 6 nitrogen and oxygen atoms in total. The molecule has 0 bridgehead atoms. The van der Waals surface area contributed by atoms with Crippen molar-refractivity contribution in [2.75, 3.05) is 0 Å². The number of aliphatic hydroxyl groups excluding tert-OH is 1. The Balaban J connectivity index is 1.64. The van der Waals surface area contributed by atoms with Crippen LogP contribution in [0.4, 0.5) is 0 Å². The fourth-order valence-electron chi connectivity index (χ4n) is 4.28. The van der Waals surface area contributed by atoms with Gasteiger partial charge in [0.15, 0.2) is 10.2 Å². The van der Waals surface area contributed by atoms with Crippen molar-refractivity contribution in [2.45, 2.75) is 47.2 Å². The number of benzene rings is 2. The monoisotopic (exact) mass is 447 g/mol. The molecule has 8 heteroatoms. The Hall–Kier alpha value is -2.22. The minimum absolute atomic E-state index is 0.0215. The Morgan fingerprint density at radius 3 is 2.43 bits per heavy atom. The molecule has 4 unspecified atom stereocenters. The molecule has 2 aromatic rings. The van der Waals surface area contributed by atoms with Crippen LogP contribution in [0.3, 0.4) is 0 Å². The highest BCUT2D eigenvalue weighted by atomic mass is 35.5. The SMILES string of the molecule is CC(O)[C@H]1C(=O)N2C(C(=O)OCc3ccccc3)C(Cl)(S(=O)c3ccccc3)C[C@@H]12. The summed E-state index contributed by atoms with van der Waals surface area (Å²) in [6.07, 6.45) is -0.758. The zero-order chi connectivity index (χ0) is 21.5. The fourth-order valence-corrected chi connectivity index (χ4v) is 6.43. The van der Waals surface area contributed by atoms with E-state index < -0.39 is 45.1 Å². The van der Waals surface area contributed by atoms with Gasteiger partial charge in [-0.2, -0.15) is 0 Å². The molecule has 0 aromatic heterocycles. The minimum atomic E-state index is -1.78. The molecule has 0 aliphatic carbocycles. The molecule has 2 heterocycles. The molecule has 0 radical (unpaired) electrons. The van der Waals surface area contributed by atoms with Gasteiger partial charge in [0.1, 0.15) is 6.61 Å². The van der Waals surface area contributed by atoms with Crippen molar-refractivity contribution in [1.29, 1.82) is 0 Å². The standard InChI is InChI=1S/C22H22ClNO5S/c1-14(25)18-17-12-22(23,30(28)16-10-6-3-7-11-16)19(24(17)20(18)26)21(27)29-13-15-8-4-2-5-9-15/h2-11,14,17-19,25H,12-13H2,1H3/t14?,17-,18+,19?,22?,30?/m0/s1. The third-order valence-corrected chi connectivity index (χ3v) is 8.21. The molecule has 6 atom stereocenters. The van der Waals surface area contributed by atoms with Crippen LogP contribution in [0.25, 0.3) is 0 Å². The Labute approximate surface area is 182 Å². The predicted molar refractivity (Wildman–Crippen MR) is 112 cm³/mol. The number of fused-ring (bicyclic) bond motifs is 1. The second-order valence-corrected chi connectivity index (χ2v) is 10.3. The van der Waals surface area contributed by atoms with E-state index in [1.54, 1.807) is 30.3 Å². The first-order valence-corrected chi connectivity index (χ1v) is 11.2. The normalized spacial score (nSPS) is 29.6. The van der Waals surface area contributed by atoms with E-state index in [0.717, 1.165) is 5.56 Å². The first-order valence-electron chi connectivity index (χ1n) is 9.71. The van der Waals surface area contributed by atoms with Gasteiger partial charge in [-0.15, -0.1) is 11.6 Å². The van der Waals surface area contributed by atoms with E-state index in [-0.39, 0.29) is 18.9 Å². The number of nitrogens with zero attached hydrogens (tertiary/aromatic N) is 1. The largest absolute Gasteiger partial charge is 0.459 e. The molecule has 2 aliphatic heterocycles. The summed E-state index contributed by atoms with van der Waals surface area (Å²) >= 11 is 6.89. The lowest BCUT2D eigenvalue weighted by atomic mass is 9.84. The van der Waals surface area contributed by atoms with Crippen molar-refractivity contribution < 1.29 is 23.6 Å². The number of ether oxygens (including phenoxy) is 1. The lowest BCUT2D eigenvalue weighted by Crippen LogP contribution is -2.65. The third-order valence-electron chi connectivity index (χ3n) is 5.72. The van der Waals surface area contributed by atoms with Crippen molar-refractivity contribution in [3.63, 3.8) is 0 Å². The van der Waals surface area contributed by atoms with Gasteiger partial charge in [-0.25, -0.2) is 4.79 Å². The number of hydrogen-bond donors (Lipinski definition) is 1. The van der Waals surface area contributed by atoms with Crippen LogP contribution in [0.1, 0.15) is 18.9 Å². The van der Waals surface area contributed by atoms with E-state index in [1.807, 2.05) is 30.3 Å². The molecule has 0 spiro atoms. The molecule has 30 heavy (non-hydrogen) atoms. The van der Waals surface area contributed by atoms with Gasteiger partial charge in [0.25, 0.3) is 0 Å². The number of hydrogen-bond acceptors (Lipinski definition) is 5. The summed E-state index contributed by atoms with van der Waals surface area (Å²) in [7, 11) is -1.78. The maximum Gasteiger partial charge on any atom is 0.332 e. The summed E-state index contributed by atoms with van der Waals surface area (Å²) in [5.41, 5.74) is 0.793. The predicted octanol–water partition coefficient (Wildman–Crippen LogP) is 2.45. The Morgan fingerprint density at radius 2 is 1.83 bits per heavy atom. The summed E-state index contributed by atoms with van der Waals surface area (Å²) in [6.45, 7) is 1.55. The highest BCUT2D eigenvalue weighted by Gasteiger charge is 2.69. The van der Waals surface area contributed by atoms with Crippen molar-refractivity contribution in [3.8, 4) is 0 Å². The van der Waals surface area contributed by atoms with Gasteiger partial charge < -0.3 is 14.7 Å². The summed E-state index contributed by atoms with van der Waals surface area (Å²) in [5, 5.41) is 10.0. The third kappa shape index (κ3) is 3.45. The van der Waals surface area contributed by atoms with Gasteiger partial charge in [-0.1, -0.05) is 48.5 Å². The summed E-state index contributed by atoms with van der Waals surface area (Å²) in [4.78, 5) is 27.6. The highest BCUT2D eigenvalue weighted by Crippen LogP contribution is 2.52. The maximum atomic E-state index is 13.4. The molecule has 2 aliphatic rings. The van der Waals surface area contributed by atoms with Crippen molar-refractivity contribution in [3.05, 3.63) is 66.2 Å². The van der Waals surface area contributed by atoms with Crippen molar-refractivity contribution in [2.24, 2.45) is 5.92 Å². The highest BCUT2D eigenvalue weighted by molar-refractivity contribution is 7.88. The zero-order valence-electron chi connectivity index (χ0n) is 16.3. The first kappa shape index (κ1) is 21.0. The van der Waals surface area contributed by atoms with Crippen LogP contribution in [0.2, 0.25) is 0 Å². The van der Waals surface area contributed by atoms with Crippen LogP contribution in [-0.2, 0) is 31.7 Å². The van der Waals surface area contributed by atoms with Crippen LogP contribution in [0, 0.1) is 5.92 Å². The minimum Gasteiger partial charge on any atom is -0.459 e. The molecule has 2 aromatic carbocycles. The molecule has 158 valence electrons. The van der Waals surface area contributed by atoms with Crippen LogP contribution in [0.15, 0.2) is 65.6 Å². The number of rotatable bonds is 6. The van der Waals surface area contributed by atoms with E-state index in [4.69, 9.17) is 16.3 Å². The van der Waals surface area contributed by atoms with Crippen LogP contribution in [-0.4, -0.2) is 48.5 Å². The molecule has 0 saturated carbocycles. The Morgan fingerprint density at radius 1 is 1.23 bits per heavy atom. The second kappa shape index (κ2) is 8.13. The van der Waals surface area contributed by atoms with E-state index in [2.05, 4.69) is 0 Å². The van der Waals surface area contributed by atoms with Gasteiger partial charge in [0, 0.05) is 17.4 Å². The lowest BCUT2D eigenvalue weighted by Gasteiger charge is -2.45. The smallest absolute Gasteiger partial charge is 0.332 e. The summed E-state index contributed by atoms with van der Waals surface area (Å²) in [5.74, 6) is -1.73. The number of esters is 1. The number of halogens is 1. The fraction of sp³-hybridized carbons (Fsp3) is 0.364. The molecule has 2 fully saturated rings. The number of β-lactam (4-membered cyclic amide) rings is 1. The van der Waals surface area contributed by atoms with Crippen LogP contribution < -0.4 is 0 Å². The quantitative estimate of drug-likeness (QED) is 0.418. The number of amides is 1. The number of carbonyl (C=O) groups excluding carboxylic acids is 2. The molecule has 4 rings (SSSR count). The van der Waals surface area contributed by atoms with Gasteiger partial charge in [-0.05, 0) is 24.6 Å². The molecule has 2 saturated heterocycles. The van der Waals surface area contributed by atoms with Gasteiger partial charge in [0.05, 0.1) is 22.8 Å².